The van der Waals surface area contributed by atoms with Crippen molar-refractivity contribution >= 4 is 6.09 Å². The lowest BCUT2D eigenvalue weighted by atomic mass is 10.1. The Labute approximate surface area is 95.4 Å². The van der Waals surface area contributed by atoms with E-state index in [1.54, 1.807) is 27.7 Å². The minimum Gasteiger partial charge on any atom is -0.444 e. The molecule has 2 unspecified atom stereocenters. The fourth-order valence-electron chi connectivity index (χ4n) is 1.80. The number of amides is 1. The molecule has 1 amide bonds. The molecule has 1 N–H and O–H groups in total. The molecule has 0 aromatic heterocycles. The molecule has 4 nitrogen and oxygen atoms in total. The standard InChI is InChI=1S/C11H20FNO3/c1-7(14)9-5-8(12)6-13(9)10(15)16-11(2,3)4/h7-9,14H,5-6H2,1-4H3/t7?,8?,9-/m1/s1. The highest BCUT2D eigenvalue weighted by Gasteiger charge is 2.39. The third-order valence-electron chi connectivity index (χ3n) is 2.48. The SMILES string of the molecule is CC(O)[C@H]1CC(F)CN1C(=O)OC(C)(C)C. The predicted octanol–water partition coefficient (Wildman–Crippen LogP) is 1.71. The number of rotatable bonds is 1. The fraction of sp³-hybridized carbons (Fsp3) is 0.909. The highest BCUT2D eigenvalue weighted by atomic mass is 19.1. The van der Waals surface area contributed by atoms with E-state index in [4.69, 9.17) is 4.74 Å². The maximum absolute atomic E-state index is 13.2. The Kier molecular flexibility index (Phi) is 3.78. The summed E-state index contributed by atoms with van der Waals surface area (Å²) in [6, 6.07) is -0.482. The molecule has 0 aliphatic carbocycles. The van der Waals surface area contributed by atoms with Crippen molar-refractivity contribution in [2.45, 2.75) is 58.0 Å². The quantitative estimate of drug-likeness (QED) is 0.750. The molecule has 1 fully saturated rings. The Morgan fingerprint density at radius 2 is 2.12 bits per heavy atom. The van der Waals surface area contributed by atoms with Crippen LogP contribution in [-0.2, 0) is 4.74 Å². The number of halogens is 1. The van der Waals surface area contributed by atoms with Gasteiger partial charge in [0.1, 0.15) is 11.8 Å². The van der Waals surface area contributed by atoms with E-state index in [9.17, 15) is 14.3 Å². The van der Waals surface area contributed by atoms with Crippen LogP contribution < -0.4 is 0 Å². The minimum atomic E-state index is -1.08. The lowest BCUT2D eigenvalue weighted by Gasteiger charge is -2.29. The number of hydrogen-bond donors (Lipinski definition) is 1. The summed E-state index contributed by atoms with van der Waals surface area (Å²) in [5.41, 5.74) is -0.602. The summed E-state index contributed by atoms with van der Waals surface area (Å²) >= 11 is 0. The number of carbonyl (C=O) groups excluding carboxylic acids is 1. The average molecular weight is 233 g/mol. The first-order valence-electron chi connectivity index (χ1n) is 5.52. The van der Waals surface area contributed by atoms with Crippen LogP contribution in [0.4, 0.5) is 9.18 Å². The zero-order chi connectivity index (χ0) is 12.5. The van der Waals surface area contributed by atoms with Gasteiger partial charge >= 0.3 is 6.09 Å². The van der Waals surface area contributed by atoms with Crippen molar-refractivity contribution in [3.8, 4) is 0 Å². The monoisotopic (exact) mass is 233 g/mol. The van der Waals surface area contributed by atoms with Crippen LogP contribution in [0.1, 0.15) is 34.1 Å². The summed E-state index contributed by atoms with van der Waals surface area (Å²) in [5.74, 6) is 0. The zero-order valence-corrected chi connectivity index (χ0v) is 10.2. The molecule has 1 saturated heterocycles. The Balaban J connectivity index is 2.67. The van der Waals surface area contributed by atoms with Crippen molar-refractivity contribution in [1.29, 1.82) is 0 Å². The molecule has 0 radical (unpaired) electrons. The number of likely N-dealkylation sites (tertiary alicyclic amines) is 1. The van der Waals surface area contributed by atoms with Crippen LogP contribution >= 0.6 is 0 Å². The molecule has 0 aromatic rings. The van der Waals surface area contributed by atoms with E-state index in [0.717, 1.165) is 0 Å². The lowest BCUT2D eigenvalue weighted by molar-refractivity contribution is 0.00771. The minimum absolute atomic E-state index is 0.00444. The summed E-state index contributed by atoms with van der Waals surface area (Å²) in [6.07, 6.45) is -2.20. The van der Waals surface area contributed by atoms with E-state index in [1.165, 1.54) is 4.90 Å². The number of aliphatic hydroxyl groups is 1. The van der Waals surface area contributed by atoms with Crippen molar-refractivity contribution in [2.75, 3.05) is 6.54 Å². The second-order valence-electron chi connectivity index (χ2n) is 5.27. The number of ether oxygens (including phenoxy) is 1. The fourth-order valence-corrected chi connectivity index (χ4v) is 1.80. The van der Waals surface area contributed by atoms with E-state index in [0.29, 0.717) is 0 Å². The predicted molar refractivity (Wildman–Crippen MR) is 57.9 cm³/mol. The molecule has 1 aliphatic heterocycles. The third kappa shape index (κ3) is 3.33. The summed E-state index contributed by atoms with van der Waals surface area (Å²) in [4.78, 5) is 13.0. The van der Waals surface area contributed by atoms with Gasteiger partial charge in [-0.2, -0.15) is 0 Å². The van der Waals surface area contributed by atoms with Gasteiger partial charge in [0.15, 0.2) is 0 Å². The van der Waals surface area contributed by atoms with Crippen molar-refractivity contribution in [1.82, 2.24) is 4.90 Å². The van der Waals surface area contributed by atoms with E-state index < -0.39 is 30.0 Å². The number of nitrogens with zero attached hydrogens (tertiary/aromatic N) is 1. The molecule has 16 heavy (non-hydrogen) atoms. The van der Waals surface area contributed by atoms with Crippen molar-refractivity contribution in [3.63, 3.8) is 0 Å². The van der Waals surface area contributed by atoms with Crippen molar-refractivity contribution in [2.24, 2.45) is 0 Å². The number of carbonyl (C=O) groups is 1. The van der Waals surface area contributed by atoms with Crippen molar-refractivity contribution in [3.05, 3.63) is 0 Å². The molecule has 1 rings (SSSR count). The molecule has 0 spiro atoms. The maximum Gasteiger partial charge on any atom is 0.410 e. The second-order valence-corrected chi connectivity index (χ2v) is 5.27. The summed E-state index contributed by atoms with van der Waals surface area (Å²) in [7, 11) is 0. The number of aliphatic hydroxyl groups excluding tert-OH is 1. The topological polar surface area (TPSA) is 49.8 Å². The first-order valence-corrected chi connectivity index (χ1v) is 5.52. The van der Waals surface area contributed by atoms with Crippen LogP contribution in [0.15, 0.2) is 0 Å². The third-order valence-corrected chi connectivity index (χ3v) is 2.48. The molecule has 0 bridgehead atoms. The molecular weight excluding hydrogens is 213 g/mol. The molecule has 0 saturated carbocycles. The van der Waals surface area contributed by atoms with Gasteiger partial charge in [-0.25, -0.2) is 9.18 Å². The summed E-state index contributed by atoms with van der Waals surface area (Å²) in [6.45, 7) is 6.83. The van der Waals surface area contributed by atoms with Gasteiger partial charge in [-0.05, 0) is 27.7 Å². The van der Waals surface area contributed by atoms with Gasteiger partial charge in [-0.3, -0.25) is 4.90 Å². The molecule has 0 aromatic carbocycles. The van der Waals surface area contributed by atoms with Gasteiger partial charge in [0.25, 0.3) is 0 Å². The lowest BCUT2D eigenvalue weighted by Crippen LogP contribution is -2.44. The Hall–Kier alpha value is -0.840. The Morgan fingerprint density at radius 3 is 2.56 bits per heavy atom. The largest absolute Gasteiger partial charge is 0.444 e. The summed E-state index contributed by atoms with van der Waals surface area (Å²) in [5, 5.41) is 9.47. The van der Waals surface area contributed by atoms with Crippen LogP contribution in [0.3, 0.4) is 0 Å². The van der Waals surface area contributed by atoms with E-state index in [2.05, 4.69) is 0 Å². The molecule has 1 aliphatic rings. The first-order chi connectivity index (χ1) is 7.20. The highest BCUT2D eigenvalue weighted by Crippen LogP contribution is 2.25. The van der Waals surface area contributed by atoms with Crippen molar-refractivity contribution < 1.29 is 19.0 Å². The smallest absolute Gasteiger partial charge is 0.410 e. The van der Waals surface area contributed by atoms with Gasteiger partial charge in [-0.15, -0.1) is 0 Å². The highest BCUT2D eigenvalue weighted by molar-refractivity contribution is 5.69. The average Bonchev–Trinajstić information content (AvgIpc) is 2.44. The van der Waals surface area contributed by atoms with Crippen LogP contribution in [0.2, 0.25) is 0 Å². The van der Waals surface area contributed by atoms with Gasteiger partial charge in [-0.1, -0.05) is 0 Å². The van der Waals surface area contributed by atoms with Gasteiger partial charge < -0.3 is 9.84 Å². The van der Waals surface area contributed by atoms with Gasteiger partial charge in [0, 0.05) is 6.42 Å². The van der Waals surface area contributed by atoms with E-state index >= 15 is 0 Å². The second kappa shape index (κ2) is 4.57. The zero-order valence-electron chi connectivity index (χ0n) is 10.2. The number of alkyl halides is 1. The Morgan fingerprint density at radius 1 is 1.56 bits per heavy atom. The number of hydrogen-bond acceptors (Lipinski definition) is 3. The summed E-state index contributed by atoms with van der Waals surface area (Å²) < 4.78 is 18.4. The van der Waals surface area contributed by atoms with Gasteiger partial charge in [0.2, 0.25) is 0 Å². The van der Waals surface area contributed by atoms with Crippen LogP contribution in [-0.4, -0.2) is 46.6 Å². The van der Waals surface area contributed by atoms with E-state index in [-0.39, 0.29) is 13.0 Å². The molecule has 1 heterocycles. The van der Waals surface area contributed by atoms with Gasteiger partial charge in [0.05, 0.1) is 18.7 Å². The normalized spacial score (nSPS) is 28.0. The molecule has 3 atom stereocenters. The molecular formula is C11H20FNO3. The Bertz CT molecular complexity index is 262. The first kappa shape index (κ1) is 13.2. The van der Waals surface area contributed by atoms with Crippen LogP contribution in [0.25, 0.3) is 0 Å². The van der Waals surface area contributed by atoms with Crippen LogP contribution in [0, 0.1) is 0 Å². The van der Waals surface area contributed by atoms with E-state index in [1.807, 2.05) is 0 Å². The van der Waals surface area contributed by atoms with Crippen LogP contribution in [0.5, 0.6) is 0 Å². The molecule has 5 heteroatoms. The maximum atomic E-state index is 13.2. The molecule has 94 valence electrons.